The van der Waals surface area contributed by atoms with Gasteiger partial charge >= 0.3 is 13.1 Å². The van der Waals surface area contributed by atoms with Gasteiger partial charge in [-0.25, -0.2) is 4.79 Å². The largest absolute Gasteiger partial charge is 0.507 e. The number of carbonyl (C=O) groups excluding carboxylic acids is 1. The fraction of sp³-hybridized carbons (Fsp3) is 0.385. The fourth-order valence-corrected chi connectivity index (χ4v) is 2.55. The Morgan fingerprint density at radius 1 is 1.38 bits per heavy atom. The number of carboxylic acid groups (broad SMARTS) is 1. The van der Waals surface area contributed by atoms with E-state index in [9.17, 15) is 24.7 Å². The van der Waals surface area contributed by atoms with Crippen LogP contribution in [0, 0.1) is 0 Å². The van der Waals surface area contributed by atoms with E-state index < -0.39 is 24.8 Å². The standard InChI is InChI=1S/C13H16BNO6/c16-11-5-2-6-15(11)10(14(20)21)7-8-3-1-4-9(12(8)17)13(18)19/h1,3-4,10,17,20-21H,2,5-7H2,(H,18,19)/t10-/m0/s1. The summed E-state index contributed by atoms with van der Waals surface area (Å²) in [6.07, 6.45) is 0.962. The minimum Gasteiger partial charge on any atom is -0.507 e. The number of benzene rings is 1. The van der Waals surface area contributed by atoms with E-state index in [2.05, 4.69) is 0 Å². The molecule has 1 amide bonds. The molecule has 0 spiro atoms. The van der Waals surface area contributed by atoms with E-state index >= 15 is 0 Å². The van der Waals surface area contributed by atoms with Gasteiger partial charge < -0.3 is 25.2 Å². The van der Waals surface area contributed by atoms with Gasteiger partial charge in [0, 0.05) is 13.0 Å². The van der Waals surface area contributed by atoms with E-state index in [1.54, 1.807) is 0 Å². The van der Waals surface area contributed by atoms with Crippen LogP contribution < -0.4 is 0 Å². The lowest BCUT2D eigenvalue weighted by molar-refractivity contribution is -0.128. The van der Waals surface area contributed by atoms with Gasteiger partial charge in [0.1, 0.15) is 11.3 Å². The maximum Gasteiger partial charge on any atom is 0.476 e. The van der Waals surface area contributed by atoms with Crippen molar-refractivity contribution in [2.45, 2.75) is 25.2 Å². The van der Waals surface area contributed by atoms with Crippen molar-refractivity contribution < 1.29 is 29.9 Å². The minimum absolute atomic E-state index is 0.0314. The summed E-state index contributed by atoms with van der Waals surface area (Å²) in [6.45, 7) is 0.417. The maximum absolute atomic E-state index is 11.7. The number of hydrogen-bond acceptors (Lipinski definition) is 5. The third-order valence-corrected chi connectivity index (χ3v) is 3.63. The number of para-hydroxylation sites is 1. The first-order valence-electron chi connectivity index (χ1n) is 6.61. The highest BCUT2D eigenvalue weighted by molar-refractivity contribution is 6.43. The van der Waals surface area contributed by atoms with Crippen LogP contribution in [0.3, 0.4) is 0 Å². The van der Waals surface area contributed by atoms with Gasteiger partial charge in [0.15, 0.2) is 0 Å². The van der Waals surface area contributed by atoms with Crippen molar-refractivity contribution >= 4 is 19.0 Å². The summed E-state index contributed by atoms with van der Waals surface area (Å²) < 4.78 is 0. The summed E-state index contributed by atoms with van der Waals surface area (Å²) in [5.74, 6) is -2.77. The predicted molar refractivity (Wildman–Crippen MR) is 73.7 cm³/mol. The van der Waals surface area contributed by atoms with Crippen LogP contribution >= 0.6 is 0 Å². The molecule has 1 fully saturated rings. The minimum atomic E-state index is -1.76. The molecule has 0 unspecified atom stereocenters. The summed E-state index contributed by atoms with van der Waals surface area (Å²) in [6, 6.07) is 4.22. The Bertz CT molecular complexity index is 562. The first-order chi connectivity index (χ1) is 9.91. The monoisotopic (exact) mass is 293 g/mol. The van der Waals surface area contributed by atoms with Gasteiger partial charge in [0.25, 0.3) is 0 Å². The SMILES string of the molecule is O=C(O)c1cccc(C[C@@H](B(O)O)N2CCCC2=O)c1O. The van der Waals surface area contributed by atoms with Crippen molar-refractivity contribution in [3.05, 3.63) is 29.3 Å². The van der Waals surface area contributed by atoms with Crippen LogP contribution in [-0.2, 0) is 11.2 Å². The number of aromatic hydroxyl groups is 1. The van der Waals surface area contributed by atoms with E-state index in [0.29, 0.717) is 19.4 Å². The molecule has 112 valence electrons. The van der Waals surface area contributed by atoms with Gasteiger partial charge in [-0.05, 0) is 24.5 Å². The van der Waals surface area contributed by atoms with Crippen molar-refractivity contribution in [2.75, 3.05) is 6.54 Å². The molecule has 1 aliphatic rings. The average Bonchev–Trinajstić information content (AvgIpc) is 2.83. The van der Waals surface area contributed by atoms with E-state index in [1.165, 1.54) is 23.1 Å². The molecule has 4 N–H and O–H groups in total. The smallest absolute Gasteiger partial charge is 0.476 e. The van der Waals surface area contributed by atoms with E-state index in [1.807, 2.05) is 0 Å². The summed E-state index contributed by atoms with van der Waals surface area (Å²) in [5, 5.41) is 37.9. The second kappa shape index (κ2) is 6.15. The molecule has 21 heavy (non-hydrogen) atoms. The van der Waals surface area contributed by atoms with Crippen molar-refractivity contribution in [3.63, 3.8) is 0 Å². The van der Waals surface area contributed by atoms with Crippen LogP contribution in [-0.4, -0.2) is 56.6 Å². The van der Waals surface area contributed by atoms with Crippen molar-refractivity contribution in [3.8, 4) is 5.75 Å². The van der Waals surface area contributed by atoms with Gasteiger partial charge in [-0.15, -0.1) is 0 Å². The molecule has 0 saturated carbocycles. The molecule has 8 heteroatoms. The summed E-state index contributed by atoms with van der Waals surface area (Å²) in [4.78, 5) is 24.1. The molecular formula is C13H16BNO6. The number of hydrogen-bond donors (Lipinski definition) is 4. The van der Waals surface area contributed by atoms with E-state index in [4.69, 9.17) is 5.11 Å². The highest BCUT2D eigenvalue weighted by atomic mass is 16.4. The van der Waals surface area contributed by atoms with Gasteiger partial charge in [-0.1, -0.05) is 12.1 Å². The lowest BCUT2D eigenvalue weighted by Gasteiger charge is -2.27. The molecule has 1 aromatic carbocycles. The molecule has 0 radical (unpaired) electrons. The Kier molecular flexibility index (Phi) is 4.49. The highest BCUT2D eigenvalue weighted by Crippen LogP contribution is 2.26. The van der Waals surface area contributed by atoms with Crippen molar-refractivity contribution in [1.29, 1.82) is 0 Å². The summed E-state index contributed by atoms with van der Waals surface area (Å²) in [5.41, 5.74) is -0.000807. The van der Waals surface area contributed by atoms with Gasteiger partial charge in [-0.3, -0.25) is 4.79 Å². The Morgan fingerprint density at radius 2 is 2.10 bits per heavy atom. The molecule has 0 aliphatic carbocycles. The fourth-order valence-electron chi connectivity index (χ4n) is 2.55. The first-order valence-corrected chi connectivity index (χ1v) is 6.61. The normalized spacial score (nSPS) is 16.1. The van der Waals surface area contributed by atoms with Gasteiger partial charge in [-0.2, -0.15) is 0 Å². The van der Waals surface area contributed by atoms with Crippen LogP contribution in [0.4, 0.5) is 0 Å². The molecule has 1 aromatic rings. The lowest BCUT2D eigenvalue weighted by atomic mass is 9.74. The van der Waals surface area contributed by atoms with Crippen LogP contribution in [0.15, 0.2) is 18.2 Å². The van der Waals surface area contributed by atoms with Gasteiger partial charge in [0.05, 0.1) is 5.94 Å². The molecular weight excluding hydrogens is 277 g/mol. The molecule has 1 heterocycles. The predicted octanol–water partition coefficient (Wildman–Crippen LogP) is -0.364. The molecule has 0 aromatic heterocycles. The first kappa shape index (κ1) is 15.3. The second-order valence-electron chi connectivity index (χ2n) is 4.99. The number of aromatic carboxylic acids is 1. The van der Waals surface area contributed by atoms with Crippen molar-refractivity contribution in [2.24, 2.45) is 0 Å². The number of nitrogens with zero attached hydrogens (tertiary/aromatic N) is 1. The topological polar surface area (TPSA) is 118 Å². The van der Waals surface area contributed by atoms with E-state index in [-0.39, 0.29) is 23.5 Å². The Balaban J connectivity index is 2.27. The third-order valence-electron chi connectivity index (χ3n) is 3.63. The Hall–Kier alpha value is -2.06. The van der Waals surface area contributed by atoms with Crippen molar-refractivity contribution in [1.82, 2.24) is 4.90 Å². The van der Waals surface area contributed by atoms with Gasteiger partial charge in [0.2, 0.25) is 5.91 Å². The summed E-state index contributed by atoms with van der Waals surface area (Å²) >= 11 is 0. The molecule has 7 nitrogen and oxygen atoms in total. The summed E-state index contributed by atoms with van der Waals surface area (Å²) in [7, 11) is -1.76. The molecule has 1 saturated heterocycles. The zero-order valence-corrected chi connectivity index (χ0v) is 11.3. The Morgan fingerprint density at radius 3 is 2.62 bits per heavy atom. The number of carbonyl (C=O) groups is 2. The molecule has 0 bridgehead atoms. The number of likely N-dealkylation sites (tertiary alicyclic amines) is 1. The molecule has 2 rings (SSSR count). The van der Waals surface area contributed by atoms with Crippen LogP contribution in [0.25, 0.3) is 0 Å². The Labute approximate surface area is 121 Å². The highest BCUT2D eigenvalue weighted by Gasteiger charge is 2.36. The van der Waals surface area contributed by atoms with Crippen LogP contribution in [0.5, 0.6) is 5.75 Å². The third kappa shape index (κ3) is 3.17. The number of rotatable bonds is 5. The maximum atomic E-state index is 11.7. The zero-order valence-electron chi connectivity index (χ0n) is 11.3. The lowest BCUT2D eigenvalue weighted by Crippen LogP contribution is -2.48. The van der Waals surface area contributed by atoms with E-state index in [0.717, 1.165) is 0 Å². The number of amides is 1. The van der Waals surface area contributed by atoms with Crippen LogP contribution in [0.2, 0.25) is 0 Å². The molecule has 1 aliphatic heterocycles. The van der Waals surface area contributed by atoms with Crippen LogP contribution in [0.1, 0.15) is 28.8 Å². The molecule has 1 atom stereocenters. The zero-order chi connectivity index (χ0) is 15.6. The average molecular weight is 293 g/mol. The number of phenols is 1. The number of carboxylic acids is 1. The quantitative estimate of drug-likeness (QED) is 0.550. The second-order valence-corrected chi connectivity index (χ2v) is 4.99.